The number of nitrogens with zero attached hydrogens (tertiary/aromatic N) is 2. The van der Waals surface area contributed by atoms with Gasteiger partial charge in [0.25, 0.3) is 0 Å². The highest BCUT2D eigenvalue weighted by molar-refractivity contribution is 5.78. The van der Waals surface area contributed by atoms with Crippen LogP contribution in [-0.4, -0.2) is 54.1 Å². The molecule has 2 saturated heterocycles. The van der Waals surface area contributed by atoms with Crippen molar-refractivity contribution < 1.29 is 13.9 Å². The van der Waals surface area contributed by atoms with E-state index in [0.717, 1.165) is 52.2 Å². The molecule has 1 spiro atoms. The Balaban J connectivity index is 1.65. The molecule has 0 saturated carbocycles. The summed E-state index contributed by atoms with van der Waals surface area (Å²) in [5.41, 5.74) is 1.01. The summed E-state index contributed by atoms with van der Waals surface area (Å²) in [6.45, 7) is 8.98. The van der Waals surface area contributed by atoms with Crippen LogP contribution in [0.3, 0.4) is 0 Å². The maximum absolute atomic E-state index is 12.3. The number of amides is 1. The highest BCUT2D eigenvalue weighted by atomic mass is 16.5. The van der Waals surface area contributed by atoms with Crippen LogP contribution in [0.15, 0.2) is 23.0 Å². The van der Waals surface area contributed by atoms with Crippen molar-refractivity contribution in [3.05, 3.63) is 24.2 Å². The second kappa shape index (κ2) is 6.42. The predicted molar refractivity (Wildman–Crippen MR) is 83.3 cm³/mol. The Bertz CT molecular complexity index is 496. The van der Waals surface area contributed by atoms with E-state index in [2.05, 4.69) is 4.90 Å². The van der Waals surface area contributed by atoms with Crippen molar-refractivity contribution in [3.63, 3.8) is 0 Å². The summed E-state index contributed by atoms with van der Waals surface area (Å²) in [6, 6.07) is 2.01. The Hall–Kier alpha value is -1.33. The minimum Gasteiger partial charge on any atom is -0.472 e. The van der Waals surface area contributed by atoms with Crippen molar-refractivity contribution in [2.75, 3.05) is 32.8 Å². The largest absolute Gasteiger partial charge is 0.472 e. The first-order valence-corrected chi connectivity index (χ1v) is 8.24. The van der Waals surface area contributed by atoms with Gasteiger partial charge in [-0.3, -0.25) is 9.69 Å². The molecule has 2 aliphatic heterocycles. The number of hydrogen-bond donors (Lipinski definition) is 0. The third kappa shape index (κ3) is 3.36. The number of carbonyl (C=O) groups is 1. The first-order valence-electron chi connectivity index (χ1n) is 8.24. The van der Waals surface area contributed by atoms with E-state index in [1.165, 1.54) is 5.56 Å². The minimum absolute atomic E-state index is 0.0563. The predicted octanol–water partition coefficient (Wildman–Crippen LogP) is 2.13. The molecule has 1 aromatic rings. The second-order valence-corrected chi connectivity index (χ2v) is 6.89. The fourth-order valence-electron chi connectivity index (χ4n) is 3.60. The quantitative estimate of drug-likeness (QED) is 0.858. The van der Waals surface area contributed by atoms with Crippen LogP contribution >= 0.6 is 0 Å². The lowest BCUT2D eigenvalue weighted by molar-refractivity contribution is -0.160. The van der Waals surface area contributed by atoms with E-state index in [-0.39, 0.29) is 17.4 Å². The number of morpholine rings is 1. The Morgan fingerprint density at radius 1 is 1.36 bits per heavy atom. The summed E-state index contributed by atoms with van der Waals surface area (Å²) < 4.78 is 11.3. The third-order valence-electron chi connectivity index (χ3n) is 4.66. The van der Waals surface area contributed by atoms with Crippen molar-refractivity contribution in [2.45, 2.75) is 38.8 Å². The lowest BCUT2D eigenvalue weighted by atomic mass is 9.90. The van der Waals surface area contributed by atoms with Gasteiger partial charge in [-0.15, -0.1) is 0 Å². The summed E-state index contributed by atoms with van der Waals surface area (Å²) in [6.07, 6.45) is 5.58. The third-order valence-corrected chi connectivity index (χ3v) is 4.66. The van der Waals surface area contributed by atoms with Gasteiger partial charge in [-0.1, -0.05) is 13.8 Å². The van der Waals surface area contributed by atoms with Gasteiger partial charge < -0.3 is 14.1 Å². The zero-order chi connectivity index (χ0) is 15.6. The second-order valence-electron chi connectivity index (χ2n) is 6.89. The van der Waals surface area contributed by atoms with Crippen LogP contribution < -0.4 is 0 Å². The SMILES string of the molecule is CC(C)C(=O)N1CCCC2(CN(Cc3ccoc3)CCO2)C1. The summed E-state index contributed by atoms with van der Waals surface area (Å²) in [4.78, 5) is 16.7. The zero-order valence-electron chi connectivity index (χ0n) is 13.6. The van der Waals surface area contributed by atoms with Crippen LogP contribution in [-0.2, 0) is 16.1 Å². The molecule has 1 unspecified atom stereocenters. The molecular weight excluding hydrogens is 280 g/mol. The summed E-state index contributed by atoms with van der Waals surface area (Å²) in [5, 5.41) is 0. The lowest BCUT2D eigenvalue weighted by Gasteiger charge is -2.48. The van der Waals surface area contributed by atoms with Crippen LogP contribution in [0.5, 0.6) is 0 Å². The van der Waals surface area contributed by atoms with Crippen LogP contribution in [0.25, 0.3) is 0 Å². The summed E-state index contributed by atoms with van der Waals surface area (Å²) in [5.74, 6) is 0.301. The molecular formula is C17H26N2O3. The Kier molecular flexibility index (Phi) is 4.54. The van der Waals surface area contributed by atoms with Crippen LogP contribution in [0.4, 0.5) is 0 Å². The van der Waals surface area contributed by atoms with E-state index in [9.17, 15) is 4.79 Å². The molecule has 5 heteroatoms. The fraction of sp³-hybridized carbons (Fsp3) is 0.706. The van der Waals surface area contributed by atoms with E-state index in [4.69, 9.17) is 9.15 Å². The number of hydrogen-bond acceptors (Lipinski definition) is 4. The molecule has 0 radical (unpaired) electrons. The molecule has 5 nitrogen and oxygen atoms in total. The highest BCUT2D eigenvalue weighted by Crippen LogP contribution is 2.30. The van der Waals surface area contributed by atoms with Gasteiger partial charge >= 0.3 is 0 Å². The van der Waals surface area contributed by atoms with Crippen LogP contribution in [0.2, 0.25) is 0 Å². The van der Waals surface area contributed by atoms with E-state index in [1.54, 1.807) is 12.5 Å². The average Bonchev–Trinajstić information content (AvgIpc) is 2.99. The standard InChI is InChI=1S/C17H26N2O3/c1-14(2)16(20)19-6-3-5-17(13-19)12-18(7-9-22-17)10-15-4-8-21-11-15/h4,8,11,14H,3,5-7,9-10,12-13H2,1-2H3. The zero-order valence-corrected chi connectivity index (χ0v) is 13.6. The maximum Gasteiger partial charge on any atom is 0.225 e. The topological polar surface area (TPSA) is 45.9 Å². The van der Waals surface area contributed by atoms with E-state index in [1.807, 2.05) is 24.8 Å². The van der Waals surface area contributed by atoms with Crippen LogP contribution in [0, 0.1) is 5.92 Å². The van der Waals surface area contributed by atoms with Crippen molar-refractivity contribution >= 4 is 5.91 Å². The monoisotopic (exact) mass is 306 g/mol. The van der Waals surface area contributed by atoms with Crippen molar-refractivity contribution in [2.24, 2.45) is 5.92 Å². The van der Waals surface area contributed by atoms with Crippen molar-refractivity contribution in [3.8, 4) is 0 Å². The molecule has 1 atom stereocenters. The number of piperidine rings is 1. The average molecular weight is 306 g/mol. The van der Waals surface area contributed by atoms with Gasteiger partial charge in [0.05, 0.1) is 31.3 Å². The Morgan fingerprint density at radius 2 is 2.23 bits per heavy atom. The van der Waals surface area contributed by atoms with Crippen molar-refractivity contribution in [1.29, 1.82) is 0 Å². The van der Waals surface area contributed by atoms with Gasteiger partial charge in [-0.2, -0.15) is 0 Å². The summed E-state index contributed by atoms with van der Waals surface area (Å²) in [7, 11) is 0. The molecule has 3 rings (SSSR count). The molecule has 122 valence electrons. The molecule has 3 heterocycles. The first kappa shape index (κ1) is 15.6. The normalized spacial score (nSPS) is 26.8. The molecule has 2 aliphatic rings. The van der Waals surface area contributed by atoms with E-state index >= 15 is 0 Å². The molecule has 1 aromatic heterocycles. The molecule has 0 aliphatic carbocycles. The van der Waals surface area contributed by atoms with Gasteiger partial charge in [-0.05, 0) is 18.9 Å². The van der Waals surface area contributed by atoms with Gasteiger partial charge in [0.15, 0.2) is 0 Å². The molecule has 0 bridgehead atoms. The van der Waals surface area contributed by atoms with Crippen LogP contribution in [0.1, 0.15) is 32.3 Å². The molecule has 0 N–H and O–H groups in total. The number of likely N-dealkylation sites (tertiary alicyclic amines) is 1. The number of rotatable bonds is 3. The van der Waals surface area contributed by atoms with Gasteiger partial charge in [0, 0.05) is 37.7 Å². The minimum atomic E-state index is -0.190. The fourth-order valence-corrected chi connectivity index (χ4v) is 3.60. The summed E-state index contributed by atoms with van der Waals surface area (Å²) >= 11 is 0. The van der Waals surface area contributed by atoms with Gasteiger partial charge in [-0.25, -0.2) is 0 Å². The van der Waals surface area contributed by atoms with Crippen molar-refractivity contribution in [1.82, 2.24) is 9.80 Å². The Labute approximate surface area is 132 Å². The molecule has 2 fully saturated rings. The highest BCUT2D eigenvalue weighted by Gasteiger charge is 2.41. The Morgan fingerprint density at radius 3 is 2.95 bits per heavy atom. The molecule has 0 aromatic carbocycles. The molecule has 22 heavy (non-hydrogen) atoms. The van der Waals surface area contributed by atoms with E-state index in [0.29, 0.717) is 0 Å². The van der Waals surface area contributed by atoms with Gasteiger partial charge in [0.2, 0.25) is 5.91 Å². The number of furan rings is 1. The number of ether oxygens (including phenoxy) is 1. The van der Waals surface area contributed by atoms with E-state index < -0.39 is 0 Å². The first-order chi connectivity index (χ1) is 10.6. The smallest absolute Gasteiger partial charge is 0.225 e. The van der Waals surface area contributed by atoms with Gasteiger partial charge in [0.1, 0.15) is 0 Å². The lowest BCUT2D eigenvalue weighted by Crippen LogP contribution is -2.60. The number of carbonyl (C=O) groups excluding carboxylic acids is 1. The molecule has 1 amide bonds. The maximum atomic E-state index is 12.3.